The molecule has 0 saturated carbocycles. The molecule has 0 radical (unpaired) electrons. The number of nitrogens with zero attached hydrogens (tertiary/aromatic N) is 1. The van der Waals surface area contributed by atoms with Crippen molar-refractivity contribution < 1.29 is 9.59 Å². The number of halogens is 2. The van der Waals surface area contributed by atoms with Gasteiger partial charge in [0.05, 0.1) is 0 Å². The molecule has 1 fully saturated rings. The maximum Gasteiger partial charge on any atom is 0.251 e. The van der Waals surface area contributed by atoms with Crippen LogP contribution in [0.5, 0.6) is 0 Å². The van der Waals surface area contributed by atoms with Gasteiger partial charge in [0, 0.05) is 30.2 Å². The van der Waals surface area contributed by atoms with E-state index in [0.29, 0.717) is 22.9 Å². The highest BCUT2D eigenvalue weighted by Crippen LogP contribution is 2.14. The molecule has 7 heteroatoms. The molecule has 1 aliphatic rings. The number of hydrogen-bond donors (Lipinski definition) is 2. The van der Waals surface area contributed by atoms with Crippen LogP contribution >= 0.6 is 24.0 Å². The molecular weight excluding hydrogens is 361 g/mol. The molecule has 1 aliphatic heterocycles. The lowest BCUT2D eigenvalue weighted by molar-refractivity contribution is -0.134. The average Bonchev–Trinajstić information content (AvgIpc) is 3.07. The van der Waals surface area contributed by atoms with E-state index in [4.69, 9.17) is 11.6 Å². The quantitative estimate of drug-likeness (QED) is 0.788. The van der Waals surface area contributed by atoms with Gasteiger partial charge in [-0.25, -0.2) is 0 Å². The molecule has 1 aromatic carbocycles. The summed E-state index contributed by atoms with van der Waals surface area (Å²) < 4.78 is 0. The molecule has 2 rings (SSSR count). The lowest BCUT2D eigenvalue weighted by Gasteiger charge is -2.29. The topological polar surface area (TPSA) is 61.4 Å². The number of carbonyl (C=O) groups is 2. The van der Waals surface area contributed by atoms with Crippen LogP contribution in [0.15, 0.2) is 24.3 Å². The van der Waals surface area contributed by atoms with Gasteiger partial charge in [-0.3, -0.25) is 9.59 Å². The molecule has 2 unspecified atom stereocenters. The monoisotopic (exact) mass is 387 g/mol. The van der Waals surface area contributed by atoms with Crippen LogP contribution in [0.1, 0.15) is 37.0 Å². The van der Waals surface area contributed by atoms with Gasteiger partial charge in [-0.2, -0.15) is 0 Å². The zero-order valence-electron chi connectivity index (χ0n) is 14.9. The third-order valence-electron chi connectivity index (χ3n) is 4.35. The van der Waals surface area contributed by atoms with Crippen molar-refractivity contribution in [3.8, 4) is 0 Å². The van der Waals surface area contributed by atoms with Crippen molar-refractivity contribution in [3.63, 3.8) is 0 Å². The number of rotatable bonds is 6. The van der Waals surface area contributed by atoms with Crippen LogP contribution in [0.3, 0.4) is 0 Å². The van der Waals surface area contributed by atoms with Crippen LogP contribution in [-0.2, 0) is 4.79 Å². The summed E-state index contributed by atoms with van der Waals surface area (Å²) in [6.45, 7) is 5.83. The highest BCUT2D eigenvalue weighted by atomic mass is 35.5. The first-order valence-electron chi connectivity index (χ1n) is 8.42. The molecule has 1 aromatic rings. The van der Waals surface area contributed by atoms with Gasteiger partial charge < -0.3 is 15.5 Å². The second kappa shape index (κ2) is 10.00. The van der Waals surface area contributed by atoms with E-state index in [1.54, 1.807) is 29.2 Å². The molecule has 2 atom stereocenters. The zero-order chi connectivity index (χ0) is 17.7. The first-order valence-corrected chi connectivity index (χ1v) is 8.80. The fourth-order valence-electron chi connectivity index (χ4n) is 2.93. The van der Waals surface area contributed by atoms with Gasteiger partial charge in [0.15, 0.2) is 0 Å². The zero-order valence-corrected chi connectivity index (χ0v) is 16.5. The summed E-state index contributed by atoms with van der Waals surface area (Å²) in [6, 6.07) is 6.36. The van der Waals surface area contributed by atoms with E-state index in [1.165, 1.54) is 0 Å². The van der Waals surface area contributed by atoms with Gasteiger partial charge in [-0.1, -0.05) is 25.4 Å². The standard InChI is InChI=1S/C18H26ClN3O2.ClH/c1-12(2)10-16(18(24)22(3)15-8-9-20-11-15)21-17(23)13-4-6-14(19)7-5-13;/h4-7,12,15-16,20H,8-11H2,1-3H3,(H,21,23);1H. The Morgan fingerprint density at radius 3 is 2.48 bits per heavy atom. The fraction of sp³-hybridized carbons (Fsp3) is 0.556. The third kappa shape index (κ3) is 6.17. The summed E-state index contributed by atoms with van der Waals surface area (Å²) in [5.41, 5.74) is 0.506. The van der Waals surface area contributed by atoms with Gasteiger partial charge in [0.2, 0.25) is 5.91 Å². The van der Waals surface area contributed by atoms with E-state index in [-0.39, 0.29) is 30.3 Å². The summed E-state index contributed by atoms with van der Waals surface area (Å²) in [4.78, 5) is 27.1. The van der Waals surface area contributed by atoms with Crippen LogP contribution in [0.4, 0.5) is 0 Å². The summed E-state index contributed by atoms with van der Waals surface area (Å²) in [5.74, 6) is 0.0305. The molecule has 140 valence electrons. The Labute approximate surface area is 160 Å². The van der Waals surface area contributed by atoms with Crippen molar-refractivity contribution in [3.05, 3.63) is 34.9 Å². The van der Waals surface area contributed by atoms with E-state index in [0.717, 1.165) is 19.5 Å². The Bertz CT molecular complexity index is 572. The third-order valence-corrected chi connectivity index (χ3v) is 4.60. The molecule has 2 amide bonds. The predicted octanol–water partition coefficient (Wildman–Crippen LogP) is 2.73. The van der Waals surface area contributed by atoms with Crippen molar-refractivity contribution >= 4 is 35.8 Å². The molecule has 0 aliphatic carbocycles. The molecular formula is C18H27Cl2N3O2. The van der Waals surface area contributed by atoms with Crippen LogP contribution in [-0.4, -0.2) is 48.9 Å². The maximum absolute atomic E-state index is 12.8. The largest absolute Gasteiger partial charge is 0.340 e. The average molecular weight is 388 g/mol. The first-order chi connectivity index (χ1) is 11.4. The number of amides is 2. The Morgan fingerprint density at radius 2 is 1.96 bits per heavy atom. The number of hydrogen-bond acceptors (Lipinski definition) is 3. The number of carbonyl (C=O) groups excluding carboxylic acids is 2. The summed E-state index contributed by atoms with van der Waals surface area (Å²) >= 11 is 5.86. The highest BCUT2D eigenvalue weighted by molar-refractivity contribution is 6.30. The minimum atomic E-state index is -0.515. The van der Waals surface area contributed by atoms with Crippen molar-refractivity contribution in [2.75, 3.05) is 20.1 Å². The van der Waals surface area contributed by atoms with Gasteiger partial charge in [0.25, 0.3) is 5.91 Å². The van der Waals surface area contributed by atoms with Gasteiger partial charge in [0.1, 0.15) is 6.04 Å². The van der Waals surface area contributed by atoms with Crippen molar-refractivity contribution in [1.29, 1.82) is 0 Å². The Kier molecular flexibility index (Phi) is 8.69. The second-order valence-electron chi connectivity index (χ2n) is 6.76. The first kappa shape index (κ1) is 21.7. The Balaban J connectivity index is 0.00000312. The van der Waals surface area contributed by atoms with Gasteiger partial charge >= 0.3 is 0 Å². The van der Waals surface area contributed by atoms with Crippen LogP contribution in [0.2, 0.25) is 5.02 Å². The number of benzene rings is 1. The number of likely N-dealkylation sites (N-methyl/N-ethyl adjacent to an activating group) is 1. The maximum atomic E-state index is 12.8. The van der Waals surface area contributed by atoms with E-state index in [2.05, 4.69) is 10.6 Å². The SMILES string of the molecule is CC(C)CC(NC(=O)c1ccc(Cl)cc1)C(=O)N(C)C1CCNC1.Cl. The van der Waals surface area contributed by atoms with Crippen LogP contribution < -0.4 is 10.6 Å². The Hall–Kier alpha value is -1.30. The molecule has 25 heavy (non-hydrogen) atoms. The normalized spacial score (nSPS) is 17.7. The minimum Gasteiger partial charge on any atom is -0.340 e. The molecule has 0 aromatic heterocycles. The molecule has 0 bridgehead atoms. The molecule has 0 spiro atoms. The van der Waals surface area contributed by atoms with Gasteiger partial charge in [-0.05, 0) is 49.6 Å². The summed E-state index contributed by atoms with van der Waals surface area (Å²) in [6.07, 6.45) is 1.56. The van der Waals surface area contributed by atoms with Gasteiger partial charge in [-0.15, -0.1) is 12.4 Å². The summed E-state index contributed by atoms with van der Waals surface area (Å²) in [5, 5.41) is 6.74. The van der Waals surface area contributed by atoms with E-state index in [1.807, 2.05) is 20.9 Å². The molecule has 2 N–H and O–H groups in total. The van der Waals surface area contributed by atoms with Crippen LogP contribution in [0, 0.1) is 5.92 Å². The molecule has 1 heterocycles. The summed E-state index contributed by atoms with van der Waals surface area (Å²) in [7, 11) is 1.82. The van der Waals surface area contributed by atoms with Crippen molar-refractivity contribution in [2.24, 2.45) is 5.92 Å². The number of nitrogens with one attached hydrogen (secondary N) is 2. The lowest BCUT2D eigenvalue weighted by Crippen LogP contribution is -2.51. The molecule has 1 saturated heterocycles. The molecule has 5 nitrogen and oxygen atoms in total. The van der Waals surface area contributed by atoms with E-state index < -0.39 is 6.04 Å². The van der Waals surface area contributed by atoms with Crippen molar-refractivity contribution in [2.45, 2.75) is 38.8 Å². The lowest BCUT2D eigenvalue weighted by atomic mass is 10.0. The fourth-order valence-corrected chi connectivity index (χ4v) is 3.06. The van der Waals surface area contributed by atoms with E-state index in [9.17, 15) is 9.59 Å². The van der Waals surface area contributed by atoms with Crippen LogP contribution in [0.25, 0.3) is 0 Å². The highest BCUT2D eigenvalue weighted by Gasteiger charge is 2.30. The Morgan fingerprint density at radius 1 is 1.32 bits per heavy atom. The predicted molar refractivity (Wildman–Crippen MR) is 103 cm³/mol. The minimum absolute atomic E-state index is 0. The smallest absolute Gasteiger partial charge is 0.251 e. The van der Waals surface area contributed by atoms with E-state index >= 15 is 0 Å². The second-order valence-corrected chi connectivity index (χ2v) is 7.19. The van der Waals surface area contributed by atoms with Crippen molar-refractivity contribution in [1.82, 2.24) is 15.5 Å².